The van der Waals surface area contributed by atoms with E-state index in [0.29, 0.717) is 22.0 Å². The Labute approximate surface area is 112 Å². The fraction of sp³-hybridized carbons (Fsp3) is 0.182. The normalized spacial score (nSPS) is 10.6. The van der Waals surface area contributed by atoms with Gasteiger partial charge in [0.2, 0.25) is 0 Å². The molecular weight excluding hydrogens is 269 g/mol. The fourth-order valence-electron chi connectivity index (χ4n) is 1.50. The third-order valence-corrected chi connectivity index (χ3v) is 3.58. The van der Waals surface area contributed by atoms with E-state index in [2.05, 4.69) is 10.2 Å². The predicted molar refractivity (Wildman–Crippen MR) is 70.8 cm³/mol. The van der Waals surface area contributed by atoms with E-state index in [1.165, 1.54) is 28.5 Å². The van der Waals surface area contributed by atoms with Gasteiger partial charge in [-0.15, -0.1) is 5.10 Å². The summed E-state index contributed by atoms with van der Waals surface area (Å²) < 4.78 is 14.7. The molecule has 0 radical (unpaired) electrons. The molecular formula is C11H12FN5OS. The van der Waals surface area contributed by atoms with Crippen molar-refractivity contribution in [2.24, 2.45) is 12.8 Å². The second kappa shape index (κ2) is 5.27. The highest BCUT2D eigenvalue weighted by Crippen LogP contribution is 2.20. The van der Waals surface area contributed by atoms with Crippen LogP contribution in [-0.4, -0.2) is 20.6 Å². The topological polar surface area (TPSA) is 101 Å². The number of nitrogens with zero attached hydrogens (tertiary/aromatic N) is 2. The number of aromatic nitrogens is 3. The van der Waals surface area contributed by atoms with E-state index in [1.807, 2.05) is 0 Å². The number of hydrogen-bond donors (Lipinski definition) is 3. The van der Waals surface area contributed by atoms with Gasteiger partial charge in [0, 0.05) is 18.4 Å². The molecule has 1 heterocycles. The maximum absolute atomic E-state index is 13.4. The van der Waals surface area contributed by atoms with Gasteiger partial charge in [-0.25, -0.2) is 14.3 Å². The first-order chi connectivity index (χ1) is 8.97. The molecule has 0 saturated heterocycles. The maximum Gasteiger partial charge on any atom is 0.343 e. The molecule has 6 nitrogen and oxygen atoms in total. The Bertz CT molecular complexity index is 678. The Balaban J connectivity index is 2.18. The molecule has 8 heteroatoms. The maximum atomic E-state index is 13.4. The lowest BCUT2D eigenvalue weighted by atomic mass is 10.1. The van der Waals surface area contributed by atoms with Crippen LogP contribution in [-0.2, 0) is 12.8 Å². The van der Waals surface area contributed by atoms with Gasteiger partial charge in [-0.2, -0.15) is 0 Å². The second-order valence-electron chi connectivity index (χ2n) is 3.92. The molecule has 0 fully saturated rings. The largest absolute Gasteiger partial charge is 0.384 e. The van der Waals surface area contributed by atoms with Crippen molar-refractivity contribution in [3.05, 3.63) is 45.6 Å². The minimum absolute atomic E-state index is 0.182. The first kappa shape index (κ1) is 13.3. The number of benzene rings is 1. The second-order valence-corrected chi connectivity index (χ2v) is 4.86. The van der Waals surface area contributed by atoms with Crippen LogP contribution in [0.4, 0.5) is 4.39 Å². The minimum Gasteiger partial charge on any atom is -0.384 e. The van der Waals surface area contributed by atoms with E-state index >= 15 is 0 Å². The van der Waals surface area contributed by atoms with E-state index in [0.717, 1.165) is 0 Å². The molecule has 0 saturated carbocycles. The van der Waals surface area contributed by atoms with Crippen LogP contribution in [0.25, 0.3) is 0 Å². The number of halogens is 1. The van der Waals surface area contributed by atoms with Crippen LogP contribution in [0.5, 0.6) is 0 Å². The predicted octanol–water partition coefficient (Wildman–Crippen LogP) is 0.824. The molecule has 100 valence electrons. The Hall–Kier alpha value is -2.09. The van der Waals surface area contributed by atoms with Gasteiger partial charge in [0.25, 0.3) is 0 Å². The molecule has 0 aliphatic heterocycles. The van der Waals surface area contributed by atoms with Crippen LogP contribution >= 0.6 is 11.8 Å². The zero-order chi connectivity index (χ0) is 14.0. The zero-order valence-electron chi connectivity index (χ0n) is 10.1. The molecule has 0 spiro atoms. The van der Waals surface area contributed by atoms with E-state index in [9.17, 15) is 9.18 Å². The molecule has 0 bridgehead atoms. The molecule has 1 aromatic carbocycles. The van der Waals surface area contributed by atoms with Crippen molar-refractivity contribution in [3.63, 3.8) is 0 Å². The van der Waals surface area contributed by atoms with Crippen molar-refractivity contribution >= 4 is 17.6 Å². The summed E-state index contributed by atoms with van der Waals surface area (Å²) in [5.74, 6) is -0.201. The summed E-state index contributed by atoms with van der Waals surface area (Å²) in [7, 11) is 1.60. The minimum atomic E-state index is -0.445. The van der Waals surface area contributed by atoms with E-state index in [-0.39, 0.29) is 11.5 Å². The van der Waals surface area contributed by atoms with E-state index in [1.54, 1.807) is 13.1 Å². The van der Waals surface area contributed by atoms with Gasteiger partial charge in [-0.1, -0.05) is 11.8 Å². The Morgan fingerprint density at radius 1 is 1.58 bits per heavy atom. The molecule has 19 heavy (non-hydrogen) atoms. The van der Waals surface area contributed by atoms with E-state index in [4.69, 9.17) is 11.1 Å². The van der Waals surface area contributed by atoms with Crippen molar-refractivity contribution in [2.45, 2.75) is 10.9 Å². The first-order valence-electron chi connectivity index (χ1n) is 5.35. The Kier molecular flexibility index (Phi) is 3.70. The first-order valence-corrected chi connectivity index (χ1v) is 6.34. The molecule has 0 aliphatic rings. The zero-order valence-corrected chi connectivity index (χ0v) is 10.9. The number of aromatic amines is 1. The molecule has 2 aromatic rings. The molecule has 0 aliphatic carbocycles. The van der Waals surface area contributed by atoms with Crippen LogP contribution in [0.2, 0.25) is 0 Å². The summed E-state index contributed by atoms with van der Waals surface area (Å²) in [6, 6.07) is 4.22. The van der Waals surface area contributed by atoms with Gasteiger partial charge in [0.15, 0.2) is 5.16 Å². The monoisotopic (exact) mass is 281 g/mol. The Morgan fingerprint density at radius 2 is 2.32 bits per heavy atom. The van der Waals surface area contributed by atoms with Crippen molar-refractivity contribution in [1.82, 2.24) is 14.8 Å². The van der Waals surface area contributed by atoms with Crippen molar-refractivity contribution in [3.8, 4) is 0 Å². The van der Waals surface area contributed by atoms with Crippen LogP contribution in [0.3, 0.4) is 0 Å². The number of nitrogens with two attached hydrogens (primary N) is 1. The summed E-state index contributed by atoms with van der Waals surface area (Å²) in [6.07, 6.45) is 0. The number of H-pyrrole nitrogens is 1. The number of nitrogens with one attached hydrogen (secondary N) is 2. The van der Waals surface area contributed by atoms with Crippen LogP contribution in [0, 0.1) is 11.2 Å². The molecule has 2 rings (SSSR count). The highest BCUT2D eigenvalue weighted by atomic mass is 32.2. The SMILES string of the molecule is Cn1c(SCc2cc(F)cc(C(=N)N)c2)n[nH]c1=O. The summed E-state index contributed by atoms with van der Waals surface area (Å²) in [5.41, 5.74) is 6.04. The molecule has 0 unspecified atom stereocenters. The lowest BCUT2D eigenvalue weighted by molar-refractivity contribution is 0.626. The lowest BCUT2D eigenvalue weighted by Gasteiger charge is -2.04. The average molecular weight is 281 g/mol. The van der Waals surface area contributed by atoms with E-state index < -0.39 is 5.82 Å². The number of nitrogen functional groups attached to an aromatic ring is 1. The fourth-order valence-corrected chi connectivity index (χ4v) is 2.35. The van der Waals surface area contributed by atoms with Crippen LogP contribution in [0.1, 0.15) is 11.1 Å². The summed E-state index contributed by atoms with van der Waals surface area (Å²) >= 11 is 1.29. The Morgan fingerprint density at radius 3 is 2.89 bits per heavy atom. The smallest absolute Gasteiger partial charge is 0.343 e. The highest BCUT2D eigenvalue weighted by Gasteiger charge is 2.07. The third kappa shape index (κ3) is 3.02. The molecule has 1 aromatic heterocycles. The summed E-state index contributed by atoms with van der Waals surface area (Å²) in [5, 5.41) is 14.0. The third-order valence-electron chi connectivity index (χ3n) is 2.48. The average Bonchev–Trinajstić information content (AvgIpc) is 2.67. The van der Waals surface area contributed by atoms with Crippen LogP contribution < -0.4 is 11.4 Å². The standard InChI is InChI=1S/C11H12FN5OS/c1-17-10(18)15-16-11(17)19-5-6-2-7(9(13)14)4-8(12)3-6/h2-4H,5H2,1H3,(H3,13,14)(H,15,18). The van der Waals surface area contributed by atoms with Crippen LogP contribution in [0.15, 0.2) is 28.2 Å². The highest BCUT2D eigenvalue weighted by molar-refractivity contribution is 7.98. The van der Waals surface area contributed by atoms with Gasteiger partial charge in [0.1, 0.15) is 11.7 Å². The summed E-state index contributed by atoms with van der Waals surface area (Å²) in [6.45, 7) is 0. The van der Waals surface area contributed by atoms with Gasteiger partial charge in [0.05, 0.1) is 0 Å². The van der Waals surface area contributed by atoms with Gasteiger partial charge >= 0.3 is 5.69 Å². The quantitative estimate of drug-likeness (QED) is 0.439. The van der Waals surface area contributed by atoms with Crippen molar-refractivity contribution in [1.29, 1.82) is 5.41 Å². The lowest BCUT2D eigenvalue weighted by Crippen LogP contribution is -2.13. The van der Waals surface area contributed by atoms with Gasteiger partial charge < -0.3 is 5.73 Å². The van der Waals surface area contributed by atoms with Gasteiger partial charge in [-0.3, -0.25) is 9.98 Å². The number of amidine groups is 1. The number of thioether (sulfide) groups is 1. The summed E-state index contributed by atoms with van der Waals surface area (Å²) in [4.78, 5) is 11.2. The van der Waals surface area contributed by atoms with Crippen molar-refractivity contribution in [2.75, 3.05) is 0 Å². The number of rotatable bonds is 4. The van der Waals surface area contributed by atoms with Gasteiger partial charge in [-0.05, 0) is 23.8 Å². The number of hydrogen-bond acceptors (Lipinski definition) is 4. The van der Waals surface area contributed by atoms with Crippen molar-refractivity contribution < 1.29 is 4.39 Å². The molecule has 0 atom stereocenters. The molecule has 4 N–H and O–H groups in total. The molecule has 0 amide bonds.